The molecule has 0 saturated heterocycles. The Balaban J connectivity index is -0.0000000204. The topological polar surface area (TPSA) is 246 Å². The van der Waals surface area contributed by atoms with E-state index in [4.69, 9.17) is 5.26 Å². The van der Waals surface area contributed by atoms with Gasteiger partial charge in [-0.1, -0.05) is 5.10 Å². The standard InChI is InChI=1S/C2HN5.Co.5H2N/c3-1-2-4-6-7-5-2;;;;;;/h(H,4,5,6,7);;5*1H2/q;+3;5*-1. The summed E-state index contributed by atoms with van der Waals surface area (Å²) in [7, 11) is 0. The molecule has 0 aliphatic heterocycles. The zero-order valence-corrected chi connectivity index (χ0v) is 7.55. The van der Waals surface area contributed by atoms with Gasteiger partial charge in [-0.15, -0.1) is 5.10 Å². The van der Waals surface area contributed by atoms with Gasteiger partial charge in [0.1, 0.15) is 6.07 Å². The van der Waals surface area contributed by atoms with E-state index < -0.39 is 0 Å². The molecule has 80 valence electrons. The molecule has 0 aromatic carbocycles. The van der Waals surface area contributed by atoms with E-state index >= 15 is 0 Å². The number of tetrazole rings is 1. The predicted octanol–water partition coefficient (Wildman–Crippen LogP) is 2.65. The summed E-state index contributed by atoms with van der Waals surface area (Å²) in [5, 5.41) is 19.9. The minimum atomic E-state index is 0. The third-order valence-electron chi connectivity index (χ3n) is 0.445. The van der Waals surface area contributed by atoms with Crippen molar-refractivity contribution in [1.29, 1.82) is 5.26 Å². The molecule has 0 amide bonds. The van der Waals surface area contributed by atoms with Gasteiger partial charge in [-0.3, -0.25) is 0 Å². The maximum absolute atomic E-state index is 7.99. The molecule has 0 aliphatic rings. The Labute approximate surface area is 86.0 Å². The third kappa shape index (κ3) is 13.8. The number of hydrogen-bond donors (Lipinski definition) is 1. The van der Waals surface area contributed by atoms with E-state index in [0.717, 1.165) is 0 Å². The second-order valence-electron chi connectivity index (χ2n) is 0.847. The molecule has 0 atom stereocenters. The van der Waals surface area contributed by atoms with Gasteiger partial charge in [-0.25, -0.2) is 0 Å². The Hall–Kier alpha value is -1.13. The number of nitrogens with zero attached hydrogens (tertiary/aromatic N) is 4. The summed E-state index contributed by atoms with van der Waals surface area (Å²) >= 11 is 0. The van der Waals surface area contributed by atoms with Crippen LogP contribution in [0, 0.1) is 11.3 Å². The fourth-order valence-electron chi connectivity index (χ4n) is 0.209. The van der Waals surface area contributed by atoms with Crippen LogP contribution >= 0.6 is 0 Å². The zero-order chi connectivity index (χ0) is 5.11. The van der Waals surface area contributed by atoms with Gasteiger partial charge in [0.05, 0.1) is 0 Å². The molecule has 0 fully saturated rings. The number of rotatable bonds is 0. The first-order valence-corrected chi connectivity index (χ1v) is 1.57. The summed E-state index contributed by atoms with van der Waals surface area (Å²) in [5.74, 6) is 0.0694. The fourth-order valence-corrected chi connectivity index (χ4v) is 0.209. The van der Waals surface area contributed by atoms with E-state index in [0.29, 0.717) is 0 Å². The molecule has 1 heterocycles. The first-order valence-electron chi connectivity index (χ1n) is 1.57. The molecule has 11 N–H and O–H groups in total. The van der Waals surface area contributed by atoms with Crippen molar-refractivity contribution in [3.8, 4) is 6.07 Å². The number of H-pyrrole nitrogens is 1. The van der Waals surface area contributed by atoms with Crippen LogP contribution in [0.2, 0.25) is 0 Å². The Kier molecular flexibility index (Phi) is 70.3. The smallest absolute Gasteiger partial charge is 0.693 e. The van der Waals surface area contributed by atoms with Gasteiger partial charge in [0.15, 0.2) is 0 Å². The molecule has 0 spiro atoms. The fraction of sp³-hybridized carbons (Fsp3) is 0. The van der Waals surface area contributed by atoms with Crippen molar-refractivity contribution in [2.24, 2.45) is 0 Å². The van der Waals surface area contributed by atoms with Crippen LogP contribution in [0.1, 0.15) is 5.82 Å². The van der Waals surface area contributed by atoms with E-state index in [1.165, 1.54) is 0 Å². The van der Waals surface area contributed by atoms with E-state index in [9.17, 15) is 0 Å². The van der Waals surface area contributed by atoms with Gasteiger partial charge in [-0.05, 0) is 5.21 Å². The number of aromatic amines is 1. The first-order chi connectivity index (χ1) is 3.43. The number of nitriles is 1. The molecule has 1 aromatic heterocycles. The van der Waals surface area contributed by atoms with Gasteiger partial charge in [0.2, 0.25) is 0 Å². The molecule has 10 nitrogen and oxygen atoms in total. The predicted molar refractivity (Wildman–Crippen MR) is 45.3 cm³/mol. The van der Waals surface area contributed by atoms with Crippen molar-refractivity contribution >= 4 is 0 Å². The largest absolute Gasteiger partial charge is 3.00 e. The monoisotopic (exact) mass is 234 g/mol. The molecule has 0 saturated carbocycles. The average molecular weight is 234 g/mol. The third-order valence-corrected chi connectivity index (χ3v) is 0.445. The molecule has 1 aromatic rings. The second kappa shape index (κ2) is 22.4. The minimum Gasteiger partial charge on any atom is -0.693 e. The Morgan fingerprint density at radius 3 is 1.69 bits per heavy atom. The summed E-state index contributed by atoms with van der Waals surface area (Å²) in [6, 6.07) is 1.69. The van der Waals surface area contributed by atoms with Crippen molar-refractivity contribution in [3.63, 3.8) is 0 Å². The van der Waals surface area contributed by atoms with Crippen molar-refractivity contribution < 1.29 is 16.8 Å². The van der Waals surface area contributed by atoms with Crippen LogP contribution in [0.4, 0.5) is 0 Å². The number of aromatic nitrogens is 4. The van der Waals surface area contributed by atoms with Crippen molar-refractivity contribution in [1.82, 2.24) is 20.6 Å². The van der Waals surface area contributed by atoms with Crippen LogP contribution in [0.25, 0.3) is 30.8 Å². The van der Waals surface area contributed by atoms with Crippen molar-refractivity contribution in [3.05, 3.63) is 36.6 Å². The molecule has 0 radical (unpaired) electrons. The van der Waals surface area contributed by atoms with Crippen LogP contribution < -0.4 is 0 Å². The second-order valence-corrected chi connectivity index (χ2v) is 0.847. The van der Waals surface area contributed by atoms with Crippen LogP contribution in [0.5, 0.6) is 0 Å². The van der Waals surface area contributed by atoms with Crippen LogP contribution in [-0.2, 0) is 16.8 Å². The van der Waals surface area contributed by atoms with Crippen LogP contribution in [0.15, 0.2) is 0 Å². The number of hydrogen-bond acceptors (Lipinski definition) is 4. The Morgan fingerprint density at radius 2 is 1.54 bits per heavy atom. The van der Waals surface area contributed by atoms with Gasteiger partial charge in [-0.2, -0.15) is 10.5 Å². The van der Waals surface area contributed by atoms with Crippen LogP contribution in [0.3, 0.4) is 0 Å². The molecule has 0 aliphatic carbocycles. The average Bonchev–Trinajstić information content (AvgIpc) is 2.14. The minimum absolute atomic E-state index is 0. The molecular formula is C2H11CoN10-2. The number of nitrogens with two attached hydrogens (primary N) is 5. The summed E-state index contributed by atoms with van der Waals surface area (Å²) in [4.78, 5) is 0. The molecule has 0 bridgehead atoms. The molecule has 0 unspecified atom stereocenters. The SMILES string of the molecule is N#Cc1nn[nH]n1.[Co+3].[NH2-].[NH2-].[NH2-].[NH2-].[NH2-]. The van der Waals surface area contributed by atoms with Gasteiger partial charge in [0.25, 0.3) is 5.82 Å². The van der Waals surface area contributed by atoms with Crippen molar-refractivity contribution in [2.45, 2.75) is 0 Å². The first kappa shape index (κ1) is 40.7. The maximum Gasteiger partial charge on any atom is 3.00 e. The Morgan fingerprint density at radius 1 is 1.08 bits per heavy atom. The van der Waals surface area contributed by atoms with Crippen LogP contribution in [-0.4, -0.2) is 20.6 Å². The normalized spacial score (nSPS) is 4.23. The van der Waals surface area contributed by atoms with E-state index in [-0.39, 0.29) is 53.4 Å². The van der Waals surface area contributed by atoms with Gasteiger partial charge in [0, 0.05) is 0 Å². The van der Waals surface area contributed by atoms with Crippen molar-refractivity contribution in [2.75, 3.05) is 0 Å². The number of nitrogens with one attached hydrogen (secondary N) is 1. The molecule has 13 heavy (non-hydrogen) atoms. The summed E-state index contributed by atoms with van der Waals surface area (Å²) in [5.41, 5.74) is 0. The van der Waals surface area contributed by atoms with E-state index in [1.807, 2.05) is 0 Å². The molecular weight excluding hydrogens is 223 g/mol. The van der Waals surface area contributed by atoms with E-state index in [2.05, 4.69) is 20.6 Å². The van der Waals surface area contributed by atoms with Gasteiger partial charge >= 0.3 is 16.8 Å². The quantitative estimate of drug-likeness (QED) is 0.709. The van der Waals surface area contributed by atoms with Gasteiger partial charge < -0.3 is 30.8 Å². The molecule has 1 rings (SSSR count). The summed E-state index contributed by atoms with van der Waals surface area (Å²) in [6.45, 7) is 0. The molecule has 11 heteroatoms. The maximum atomic E-state index is 7.99. The van der Waals surface area contributed by atoms with E-state index in [1.54, 1.807) is 6.07 Å². The zero-order valence-electron chi connectivity index (χ0n) is 6.51. The Bertz CT molecular complexity index is 175. The summed E-state index contributed by atoms with van der Waals surface area (Å²) < 4.78 is 0. The summed E-state index contributed by atoms with van der Waals surface area (Å²) in [6.07, 6.45) is 0.